The minimum Gasteiger partial charge on any atom is -0.490 e. The molecule has 0 bridgehead atoms. The number of benzene rings is 1. The lowest BCUT2D eigenvalue weighted by molar-refractivity contribution is 0.285. The van der Waals surface area contributed by atoms with E-state index in [0.29, 0.717) is 24.7 Å². The van der Waals surface area contributed by atoms with Crippen LogP contribution in [0.25, 0.3) is 0 Å². The van der Waals surface area contributed by atoms with E-state index in [1.807, 2.05) is 32.2 Å². The van der Waals surface area contributed by atoms with Gasteiger partial charge in [-0.15, -0.1) is 0 Å². The normalized spacial score (nSPS) is 11.3. The van der Waals surface area contributed by atoms with E-state index in [4.69, 9.17) is 9.47 Å². The molecule has 0 amide bonds. The van der Waals surface area contributed by atoms with Crippen LogP contribution in [0, 0.1) is 0 Å². The molecular weight excluding hydrogens is 266 g/mol. The lowest BCUT2D eigenvalue weighted by Gasteiger charge is -2.15. The molecule has 5 nitrogen and oxygen atoms in total. The lowest BCUT2D eigenvalue weighted by Crippen LogP contribution is -2.14. The first kappa shape index (κ1) is 15.8. The van der Waals surface area contributed by atoms with Crippen molar-refractivity contribution in [2.24, 2.45) is 0 Å². The molecule has 6 heteroatoms. The smallest absolute Gasteiger partial charge is 0.165 e. The van der Waals surface area contributed by atoms with Crippen molar-refractivity contribution < 1.29 is 17.9 Å². The third-order valence-corrected chi connectivity index (χ3v) is 3.34. The predicted molar refractivity (Wildman–Crippen MR) is 75.6 cm³/mol. The van der Waals surface area contributed by atoms with Gasteiger partial charge in [-0.05, 0) is 20.0 Å². The fourth-order valence-electron chi connectivity index (χ4n) is 1.62. The lowest BCUT2D eigenvalue weighted by atomic mass is 10.2. The Hall–Kier alpha value is -1.27. The van der Waals surface area contributed by atoms with Gasteiger partial charge in [0.05, 0.1) is 12.4 Å². The van der Waals surface area contributed by atoms with Crippen LogP contribution in [0.3, 0.4) is 0 Å². The predicted octanol–water partition coefficient (Wildman–Crippen LogP) is 1.23. The number of para-hydroxylation sites is 1. The maximum absolute atomic E-state index is 11.1. The van der Waals surface area contributed by atoms with Crippen molar-refractivity contribution in [3.8, 4) is 11.5 Å². The molecule has 0 aliphatic rings. The SMILES string of the molecule is CCOc1cccc(CNC)c1OCCS(C)(=O)=O. The van der Waals surface area contributed by atoms with Crippen LogP contribution in [-0.4, -0.2) is 40.7 Å². The second-order valence-electron chi connectivity index (χ2n) is 4.19. The molecule has 108 valence electrons. The molecule has 0 unspecified atom stereocenters. The van der Waals surface area contributed by atoms with E-state index in [1.54, 1.807) is 0 Å². The number of ether oxygens (including phenoxy) is 2. The summed E-state index contributed by atoms with van der Waals surface area (Å²) in [6, 6.07) is 5.63. The molecule has 0 fully saturated rings. The zero-order valence-corrected chi connectivity index (χ0v) is 12.4. The van der Waals surface area contributed by atoms with Gasteiger partial charge >= 0.3 is 0 Å². The summed E-state index contributed by atoms with van der Waals surface area (Å²) in [6.07, 6.45) is 1.19. The highest BCUT2D eigenvalue weighted by Crippen LogP contribution is 2.31. The van der Waals surface area contributed by atoms with Crippen molar-refractivity contribution in [2.75, 3.05) is 32.3 Å². The molecule has 0 saturated carbocycles. The number of rotatable bonds is 8. The van der Waals surface area contributed by atoms with E-state index in [0.717, 1.165) is 5.56 Å². The van der Waals surface area contributed by atoms with Crippen molar-refractivity contribution in [1.29, 1.82) is 0 Å². The fourth-order valence-corrected chi connectivity index (χ4v) is 2.01. The Morgan fingerprint density at radius 3 is 2.58 bits per heavy atom. The van der Waals surface area contributed by atoms with Gasteiger partial charge < -0.3 is 14.8 Å². The van der Waals surface area contributed by atoms with Crippen molar-refractivity contribution in [2.45, 2.75) is 13.5 Å². The van der Waals surface area contributed by atoms with Gasteiger partial charge in [-0.2, -0.15) is 0 Å². The quantitative estimate of drug-likeness (QED) is 0.779. The topological polar surface area (TPSA) is 64.6 Å². The molecule has 19 heavy (non-hydrogen) atoms. The molecular formula is C13H21NO4S. The van der Waals surface area contributed by atoms with Gasteiger partial charge in [0, 0.05) is 18.4 Å². The molecule has 0 radical (unpaired) electrons. The van der Waals surface area contributed by atoms with E-state index in [9.17, 15) is 8.42 Å². The molecule has 0 atom stereocenters. The van der Waals surface area contributed by atoms with Crippen LogP contribution < -0.4 is 14.8 Å². The highest BCUT2D eigenvalue weighted by Gasteiger charge is 2.11. The third kappa shape index (κ3) is 5.48. The minimum atomic E-state index is -3.03. The molecule has 0 aliphatic heterocycles. The van der Waals surface area contributed by atoms with Gasteiger partial charge in [-0.25, -0.2) is 8.42 Å². The molecule has 0 aliphatic carbocycles. The summed E-state index contributed by atoms with van der Waals surface area (Å²) in [5.41, 5.74) is 0.946. The van der Waals surface area contributed by atoms with Crippen LogP contribution in [0.1, 0.15) is 12.5 Å². The van der Waals surface area contributed by atoms with Crippen molar-refractivity contribution in [3.63, 3.8) is 0 Å². The summed E-state index contributed by atoms with van der Waals surface area (Å²) in [5, 5.41) is 3.05. The van der Waals surface area contributed by atoms with Crippen LogP contribution >= 0.6 is 0 Å². The van der Waals surface area contributed by atoms with Gasteiger partial charge in [0.25, 0.3) is 0 Å². The maximum Gasteiger partial charge on any atom is 0.165 e. The van der Waals surface area contributed by atoms with Crippen molar-refractivity contribution in [3.05, 3.63) is 23.8 Å². The van der Waals surface area contributed by atoms with E-state index in [2.05, 4.69) is 5.32 Å². The van der Waals surface area contributed by atoms with Crippen LogP contribution in [0.15, 0.2) is 18.2 Å². The second-order valence-corrected chi connectivity index (χ2v) is 6.45. The Bertz CT molecular complexity index is 475. The monoisotopic (exact) mass is 287 g/mol. The summed E-state index contributed by atoms with van der Waals surface area (Å²) >= 11 is 0. The van der Waals surface area contributed by atoms with Crippen molar-refractivity contribution >= 4 is 9.84 Å². The van der Waals surface area contributed by atoms with Crippen LogP contribution in [0.5, 0.6) is 11.5 Å². The molecule has 0 aromatic heterocycles. The summed E-state index contributed by atoms with van der Waals surface area (Å²) in [4.78, 5) is 0. The molecule has 1 rings (SSSR count). The number of sulfone groups is 1. The summed E-state index contributed by atoms with van der Waals surface area (Å²) in [7, 11) is -1.19. The summed E-state index contributed by atoms with van der Waals surface area (Å²) in [6.45, 7) is 3.19. The van der Waals surface area contributed by atoms with Crippen LogP contribution in [0.4, 0.5) is 0 Å². The van der Waals surface area contributed by atoms with Crippen molar-refractivity contribution in [1.82, 2.24) is 5.32 Å². The first-order chi connectivity index (χ1) is 8.98. The van der Waals surface area contributed by atoms with Gasteiger partial charge in [-0.1, -0.05) is 12.1 Å². The molecule has 0 spiro atoms. The number of hydrogen-bond acceptors (Lipinski definition) is 5. The zero-order chi connectivity index (χ0) is 14.3. The Labute approximate surface area is 114 Å². The molecule has 1 aromatic rings. The minimum absolute atomic E-state index is 0.00749. The summed E-state index contributed by atoms with van der Waals surface area (Å²) < 4.78 is 33.3. The third-order valence-electron chi connectivity index (χ3n) is 2.43. The van der Waals surface area contributed by atoms with E-state index >= 15 is 0 Å². The number of nitrogens with one attached hydrogen (secondary N) is 1. The first-order valence-corrected chi connectivity index (χ1v) is 8.23. The van der Waals surface area contributed by atoms with Gasteiger partial charge in [0.15, 0.2) is 21.3 Å². The van der Waals surface area contributed by atoms with Crippen LogP contribution in [-0.2, 0) is 16.4 Å². The Kier molecular flexibility index (Phi) is 6.11. The Morgan fingerprint density at radius 1 is 1.26 bits per heavy atom. The Balaban J connectivity index is 2.87. The van der Waals surface area contributed by atoms with E-state index in [-0.39, 0.29) is 12.4 Å². The highest BCUT2D eigenvalue weighted by molar-refractivity contribution is 7.90. The van der Waals surface area contributed by atoms with Gasteiger partial charge in [-0.3, -0.25) is 0 Å². The molecule has 1 N–H and O–H groups in total. The standard InChI is InChI=1S/C13H21NO4S/c1-4-17-12-7-5-6-11(10-14-2)13(12)18-8-9-19(3,15)16/h5-7,14H,4,8-10H2,1-3H3. The van der Waals surface area contributed by atoms with Gasteiger partial charge in [0.2, 0.25) is 0 Å². The maximum atomic E-state index is 11.1. The highest BCUT2D eigenvalue weighted by atomic mass is 32.2. The molecule has 0 saturated heterocycles. The Morgan fingerprint density at radius 2 is 2.00 bits per heavy atom. The largest absolute Gasteiger partial charge is 0.490 e. The van der Waals surface area contributed by atoms with E-state index in [1.165, 1.54) is 6.26 Å². The number of hydrogen-bond donors (Lipinski definition) is 1. The average Bonchev–Trinajstić information content (AvgIpc) is 2.31. The zero-order valence-electron chi connectivity index (χ0n) is 11.6. The fraction of sp³-hybridized carbons (Fsp3) is 0.538. The van der Waals surface area contributed by atoms with E-state index < -0.39 is 9.84 Å². The molecule has 1 aromatic carbocycles. The van der Waals surface area contributed by atoms with Crippen LogP contribution in [0.2, 0.25) is 0 Å². The molecule has 0 heterocycles. The summed E-state index contributed by atoms with van der Waals surface area (Å²) in [5.74, 6) is 1.25. The average molecular weight is 287 g/mol. The first-order valence-electron chi connectivity index (χ1n) is 6.17. The van der Waals surface area contributed by atoms with Gasteiger partial charge in [0.1, 0.15) is 6.61 Å². The second kappa shape index (κ2) is 7.35.